The monoisotopic (exact) mass is 486 g/mol. The van der Waals surface area contributed by atoms with Crippen LogP contribution in [0.5, 0.6) is 0 Å². The fraction of sp³-hybridized carbons (Fsp3) is 0.903. The highest BCUT2D eigenvalue weighted by Gasteiger charge is 2.68. The van der Waals surface area contributed by atoms with Crippen LogP contribution in [0.3, 0.4) is 0 Å². The van der Waals surface area contributed by atoms with Crippen LogP contribution in [0.4, 0.5) is 0 Å². The van der Waals surface area contributed by atoms with Crippen molar-refractivity contribution in [1.29, 1.82) is 0 Å². The van der Waals surface area contributed by atoms with Crippen molar-refractivity contribution in [2.45, 2.75) is 118 Å². The number of aliphatic hydroxyl groups is 3. The van der Waals surface area contributed by atoms with Gasteiger partial charge in [0.05, 0.1) is 18.8 Å². The quantitative estimate of drug-likeness (QED) is 0.445. The van der Waals surface area contributed by atoms with Crippen LogP contribution in [-0.4, -0.2) is 39.9 Å². The summed E-state index contributed by atoms with van der Waals surface area (Å²) >= 11 is 0. The van der Waals surface area contributed by atoms with Gasteiger partial charge in [0.25, 0.3) is 0 Å². The summed E-state index contributed by atoms with van der Waals surface area (Å²) in [4.78, 5) is 14.0. The van der Waals surface area contributed by atoms with Crippen molar-refractivity contribution in [2.75, 3.05) is 6.61 Å². The molecule has 3 N–H and O–H groups in total. The summed E-state index contributed by atoms with van der Waals surface area (Å²) in [5, 5.41) is 32.3. The standard InChI is InChI=1S/C31H50O4/c1-26(2)23(33)12-15-30(6)20-8-9-21-27(3,17-19(20)16-25(35)31(26,30)7)13-10-22-28(21,4)14-11-24(34)29(22,5)18-32/h16,20-24,32-34H,8-15,17-18H2,1-7H3/t20-,21-,22+,23+,24+,27-,28+,29+,30+,31-/m0/s1. The Balaban J connectivity index is 1.57. The van der Waals surface area contributed by atoms with Crippen LogP contribution in [0.25, 0.3) is 0 Å². The number of allylic oxidation sites excluding steroid dienone is 2. The second-order valence-electron chi connectivity index (χ2n) is 15.2. The van der Waals surface area contributed by atoms with Crippen LogP contribution >= 0.6 is 0 Å². The Hall–Kier alpha value is -0.710. The zero-order valence-corrected chi connectivity index (χ0v) is 23.3. The molecule has 4 heteroatoms. The Morgan fingerprint density at radius 1 is 0.829 bits per heavy atom. The predicted octanol–water partition coefficient (Wildman–Crippen LogP) is 5.68. The van der Waals surface area contributed by atoms with Crippen LogP contribution in [0, 0.1) is 50.2 Å². The fourth-order valence-corrected chi connectivity index (χ4v) is 11.1. The Morgan fingerprint density at radius 3 is 2.14 bits per heavy atom. The van der Waals surface area contributed by atoms with E-state index in [1.165, 1.54) is 5.57 Å². The minimum atomic E-state index is -0.570. The number of hydrogen-bond acceptors (Lipinski definition) is 4. The smallest absolute Gasteiger partial charge is 0.162 e. The van der Waals surface area contributed by atoms with E-state index in [1.54, 1.807) is 0 Å². The Bertz CT molecular complexity index is 938. The van der Waals surface area contributed by atoms with Crippen LogP contribution in [0.15, 0.2) is 11.6 Å². The molecule has 0 heterocycles. The highest BCUT2D eigenvalue weighted by atomic mass is 16.3. The van der Waals surface area contributed by atoms with E-state index in [4.69, 9.17) is 0 Å². The summed E-state index contributed by atoms with van der Waals surface area (Å²) in [5.41, 5.74) is -0.0112. The molecular formula is C31H50O4. The molecule has 5 aliphatic rings. The lowest BCUT2D eigenvalue weighted by Crippen LogP contribution is -2.64. The number of ketones is 1. The summed E-state index contributed by atoms with van der Waals surface area (Å²) < 4.78 is 0. The molecule has 35 heavy (non-hydrogen) atoms. The molecule has 4 nitrogen and oxygen atoms in total. The van der Waals surface area contributed by atoms with Crippen molar-refractivity contribution in [1.82, 2.24) is 0 Å². The lowest BCUT2D eigenvalue weighted by atomic mass is 9.39. The van der Waals surface area contributed by atoms with Gasteiger partial charge < -0.3 is 15.3 Å². The van der Waals surface area contributed by atoms with Gasteiger partial charge in [-0.05, 0) is 97.9 Å². The van der Waals surface area contributed by atoms with Crippen LogP contribution in [0.2, 0.25) is 0 Å². The van der Waals surface area contributed by atoms with Gasteiger partial charge in [-0.25, -0.2) is 0 Å². The largest absolute Gasteiger partial charge is 0.396 e. The van der Waals surface area contributed by atoms with Gasteiger partial charge in [0.1, 0.15) is 0 Å². The molecule has 0 bridgehead atoms. The van der Waals surface area contributed by atoms with Gasteiger partial charge in [-0.1, -0.05) is 54.0 Å². The third-order valence-corrected chi connectivity index (χ3v) is 13.9. The molecule has 5 aliphatic carbocycles. The molecule has 0 saturated heterocycles. The number of hydrogen-bond donors (Lipinski definition) is 3. The molecule has 0 spiro atoms. The van der Waals surface area contributed by atoms with E-state index in [-0.39, 0.29) is 28.6 Å². The summed E-state index contributed by atoms with van der Waals surface area (Å²) in [5.74, 6) is 1.44. The molecule has 198 valence electrons. The van der Waals surface area contributed by atoms with Gasteiger partial charge in [0.15, 0.2) is 5.78 Å². The summed E-state index contributed by atoms with van der Waals surface area (Å²) in [7, 11) is 0. The molecule has 0 aromatic rings. The number of rotatable bonds is 1. The van der Waals surface area contributed by atoms with E-state index >= 15 is 0 Å². The Labute approximate surface area is 213 Å². The molecule has 0 unspecified atom stereocenters. The molecule has 0 radical (unpaired) electrons. The maximum absolute atomic E-state index is 14.0. The zero-order valence-electron chi connectivity index (χ0n) is 23.3. The first-order chi connectivity index (χ1) is 16.1. The lowest BCUT2D eigenvalue weighted by Gasteiger charge is -2.64. The van der Waals surface area contributed by atoms with E-state index in [0.29, 0.717) is 17.8 Å². The van der Waals surface area contributed by atoms with Gasteiger partial charge in [-0.15, -0.1) is 0 Å². The molecule has 0 aromatic heterocycles. The molecule has 5 rings (SSSR count). The first kappa shape index (κ1) is 25.9. The Kier molecular flexibility index (Phi) is 5.68. The summed E-state index contributed by atoms with van der Waals surface area (Å²) in [6.07, 6.45) is 9.96. The minimum Gasteiger partial charge on any atom is -0.396 e. The molecule has 4 fully saturated rings. The van der Waals surface area contributed by atoms with Gasteiger partial charge >= 0.3 is 0 Å². The maximum atomic E-state index is 14.0. The van der Waals surface area contributed by atoms with Crippen LogP contribution in [0.1, 0.15) is 106 Å². The van der Waals surface area contributed by atoms with Crippen LogP contribution < -0.4 is 0 Å². The van der Waals surface area contributed by atoms with Gasteiger partial charge in [-0.3, -0.25) is 4.79 Å². The molecule has 4 saturated carbocycles. The third kappa shape index (κ3) is 3.00. The molecule has 10 atom stereocenters. The number of carbonyl (C=O) groups excluding carboxylic acids is 1. The first-order valence-corrected chi connectivity index (χ1v) is 14.3. The van der Waals surface area contributed by atoms with Gasteiger partial charge in [-0.2, -0.15) is 0 Å². The van der Waals surface area contributed by atoms with E-state index < -0.39 is 28.5 Å². The highest BCUT2D eigenvalue weighted by molar-refractivity contribution is 5.98. The predicted molar refractivity (Wildman–Crippen MR) is 139 cm³/mol. The van der Waals surface area contributed by atoms with Crippen molar-refractivity contribution in [3.63, 3.8) is 0 Å². The number of aliphatic hydroxyl groups excluding tert-OH is 3. The third-order valence-electron chi connectivity index (χ3n) is 13.9. The molecule has 0 aromatic carbocycles. The number of fused-ring (bicyclic) bond motifs is 6. The van der Waals surface area contributed by atoms with Crippen molar-refractivity contribution in [3.05, 3.63) is 11.6 Å². The van der Waals surface area contributed by atoms with Crippen molar-refractivity contribution in [2.24, 2.45) is 50.2 Å². The Morgan fingerprint density at radius 2 is 1.49 bits per heavy atom. The minimum absolute atomic E-state index is 0.0496. The fourth-order valence-electron chi connectivity index (χ4n) is 11.1. The summed E-state index contributed by atoms with van der Waals surface area (Å²) in [6, 6.07) is 0. The summed E-state index contributed by atoms with van der Waals surface area (Å²) in [6.45, 7) is 15.8. The van der Waals surface area contributed by atoms with E-state index in [2.05, 4.69) is 48.5 Å². The van der Waals surface area contributed by atoms with Gasteiger partial charge in [0, 0.05) is 16.2 Å². The zero-order chi connectivity index (χ0) is 25.8. The second-order valence-corrected chi connectivity index (χ2v) is 15.2. The molecular weight excluding hydrogens is 436 g/mol. The van der Waals surface area contributed by atoms with E-state index in [9.17, 15) is 20.1 Å². The van der Waals surface area contributed by atoms with E-state index in [1.807, 2.05) is 6.08 Å². The number of carbonyl (C=O) groups is 1. The highest BCUT2D eigenvalue weighted by Crippen LogP contribution is 2.72. The van der Waals surface area contributed by atoms with Gasteiger partial charge in [0.2, 0.25) is 0 Å². The first-order valence-electron chi connectivity index (χ1n) is 14.3. The SMILES string of the molecule is CC1(C)[C@H](O)CC[C@]2(C)[C@H]3CC[C@H]4[C@@](C)(CC[C@@H]5[C@]4(C)CC[C@@H](O)[C@]5(C)CO)CC3=CC(=O)[C@@]12C. The second kappa shape index (κ2) is 7.67. The molecule has 0 amide bonds. The average molecular weight is 487 g/mol. The van der Waals surface area contributed by atoms with E-state index in [0.717, 1.165) is 57.8 Å². The normalized spacial score (nSPS) is 55.5. The average Bonchev–Trinajstić information content (AvgIpc) is 2.94. The topological polar surface area (TPSA) is 77.8 Å². The van der Waals surface area contributed by atoms with Crippen LogP contribution in [-0.2, 0) is 4.79 Å². The van der Waals surface area contributed by atoms with Crippen molar-refractivity contribution in [3.8, 4) is 0 Å². The maximum Gasteiger partial charge on any atom is 0.162 e. The van der Waals surface area contributed by atoms with Crippen molar-refractivity contribution < 1.29 is 20.1 Å². The van der Waals surface area contributed by atoms with Crippen molar-refractivity contribution >= 4 is 5.78 Å². The molecule has 0 aliphatic heterocycles. The lowest BCUT2D eigenvalue weighted by molar-refractivity contribution is -0.190.